The number of nitrogens with two attached hydrogens (primary N) is 1. The average Bonchev–Trinajstić information content (AvgIpc) is 2.67. The van der Waals surface area contributed by atoms with Gasteiger partial charge in [0.05, 0.1) is 0 Å². The van der Waals surface area contributed by atoms with Crippen molar-refractivity contribution < 1.29 is 14.8 Å². The van der Waals surface area contributed by atoms with Gasteiger partial charge in [-0.3, -0.25) is 14.8 Å². The molecule has 1 fully saturated rings. The molecule has 2 rings (SSSR count). The van der Waals surface area contributed by atoms with E-state index in [0.717, 1.165) is 51.6 Å². The normalized spacial score (nSPS) is 16.3. The van der Waals surface area contributed by atoms with E-state index in [1.54, 1.807) is 5.48 Å². The molecule has 0 saturated carbocycles. The van der Waals surface area contributed by atoms with Crippen LogP contribution >= 0.6 is 0 Å². The Bertz CT molecular complexity index is 557. The number of hydroxylamine groups is 1. The first-order valence-electron chi connectivity index (χ1n) is 9.58. The molecular formula is C20H31N3O3. The van der Waals surface area contributed by atoms with E-state index in [1.807, 2.05) is 23.1 Å². The van der Waals surface area contributed by atoms with Crippen LogP contribution in [-0.4, -0.2) is 41.1 Å². The van der Waals surface area contributed by atoms with E-state index >= 15 is 0 Å². The molecule has 0 unspecified atom stereocenters. The first kappa shape index (κ1) is 20.4. The number of carbonyl (C=O) groups excluding carboxylic acids is 2. The number of hydrogen-bond donors (Lipinski definition) is 3. The molecule has 1 aromatic rings. The zero-order valence-electron chi connectivity index (χ0n) is 15.4. The van der Waals surface area contributed by atoms with Gasteiger partial charge in [0, 0.05) is 32.0 Å². The second kappa shape index (κ2) is 10.9. The lowest BCUT2D eigenvalue weighted by molar-refractivity contribution is -0.133. The second-order valence-electron chi connectivity index (χ2n) is 7.24. The Morgan fingerprint density at radius 2 is 1.92 bits per heavy atom. The predicted octanol–water partition coefficient (Wildman–Crippen LogP) is 2.25. The van der Waals surface area contributed by atoms with Gasteiger partial charge in [-0.2, -0.15) is 0 Å². The molecule has 1 atom stereocenters. The van der Waals surface area contributed by atoms with Gasteiger partial charge in [-0.25, -0.2) is 5.48 Å². The summed E-state index contributed by atoms with van der Waals surface area (Å²) in [5.41, 5.74) is 9.07. The van der Waals surface area contributed by atoms with E-state index in [2.05, 4.69) is 12.1 Å². The van der Waals surface area contributed by atoms with Crippen LogP contribution in [0.15, 0.2) is 30.3 Å². The summed E-state index contributed by atoms with van der Waals surface area (Å²) in [6.45, 7) is 1.56. The molecule has 0 spiro atoms. The van der Waals surface area contributed by atoms with Crippen molar-refractivity contribution in [1.29, 1.82) is 0 Å². The number of carbonyl (C=O) groups is 2. The summed E-state index contributed by atoms with van der Waals surface area (Å²) in [6.07, 6.45) is 6.18. The lowest BCUT2D eigenvalue weighted by atomic mass is 9.91. The highest BCUT2D eigenvalue weighted by Gasteiger charge is 2.23. The maximum absolute atomic E-state index is 12.4. The minimum atomic E-state index is -0.331. The first-order valence-corrected chi connectivity index (χ1v) is 9.58. The van der Waals surface area contributed by atoms with Crippen LogP contribution in [0, 0.1) is 5.92 Å². The molecule has 1 aliphatic rings. The van der Waals surface area contributed by atoms with Crippen molar-refractivity contribution in [3.63, 3.8) is 0 Å². The van der Waals surface area contributed by atoms with Crippen molar-refractivity contribution in [2.45, 2.75) is 57.4 Å². The van der Waals surface area contributed by atoms with Gasteiger partial charge in [0.2, 0.25) is 11.8 Å². The van der Waals surface area contributed by atoms with Crippen LogP contribution in [0.2, 0.25) is 0 Å². The molecule has 1 saturated heterocycles. The van der Waals surface area contributed by atoms with Gasteiger partial charge in [-0.15, -0.1) is 0 Å². The molecule has 2 amide bonds. The lowest BCUT2D eigenvalue weighted by Gasteiger charge is -2.32. The molecule has 144 valence electrons. The third kappa shape index (κ3) is 7.14. The monoisotopic (exact) mass is 361 g/mol. The van der Waals surface area contributed by atoms with Gasteiger partial charge in [-0.1, -0.05) is 30.3 Å². The largest absolute Gasteiger partial charge is 0.343 e. The number of piperidine rings is 1. The molecule has 1 aliphatic heterocycles. The maximum Gasteiger partial charge on any atom is 0.243 e. The summed E-state index contributed by atoms with van der Waals surface area (Å²) < 4.78 is 0. The summed E-state index contributed by atoms with van der Waals surface area (Å²) in [4.78, 5) is 25.4. The number of amides is 2. The van der Waals surface area contributed by atoms with Crippen molar-refractivity contribution in [3.8, 4) is 0 Å². The predicted molar refractivity (Wildman–Crippen MR) is 100 cm³/mol. The Labute approximate surface area is 155 Å². The smallest absolute Gasteiger partial charge is 0.243 e. The zero-order valence-corrected chi connectivity index (χ0v) is 15.4. The third-order valence-electron chi connectivity index (χ3n) is 5.19. The van der Waals surface area contributed by atoms with Crippen LogP contribution in [0.4, 0.5) is 0 Å². The highest BCUT2D eigenvalue weighted by Crippen LogP contribution is 2.23. The summed E-state index contributed by atoms with van der Waals surface area (Å²) in [5.74, 6) is 0.378. The van der Waals surface area contributed by atoms with E-state index in [1.165, 1.54) is 5.56 Å². The average molecular weight is 361 g/mol. The van der Waals surface area contributed by atoms with Gasteiger partial charge in [0.15, 0.2) is 0 Å². The Balaban J connectivity index is 1.62. The Morgan fingerprint density at radius 3 is 2.58 bits per heavy atom. The minimum Gasteiger partial charge on any atom is -0.343 e. The number of likely N-dealkylation sites (tertiary alicyclic amines) is 1. The van der Waals surface area contributed by atoms with Crippen LogP contribution in [-0.2, 0) is 16.0 Å². The zero-order chi connectivity index (χ0) is 18.8. The standard InChI is InChI=1S/C20H31N3O3/c21-18(10-9-16-5-2-1-3-6-16)15-20(25)23-13-11-17(12-14-23)7-4-8-19(24)22-26/h1-3,5-6,17-18,26H,4,7-15,21H2,(H,22,24)/t18-/m0/s1. The summed E-state index contributed by atoms with van der Waals surface area (Å²) in [5, 5.41) is 8.49. The molecule has 6 heteroatoms. The molecule has 6 nitrogen and oxygen atoms in total. The van der Waals surface area contributed by atoms with E-state index < -0.39 is 0 Å². The highest BCUT2D eigenvalue weighted by molar-refractivity contribution is 5.77. The quantitative estimate of drug-likeness (QED) is 0.464. The molecular weight excluding hydrogens is 330 g/mol. The van der Waals surface area contributed by atoms with Crippen molar-refractivity contribution in [3.05, 3.63) is 35.9 Å². The summed E-state index contributed by atoms with van der Waals surface area (Å²) >= 11 is 0. The summed E-state index contributed by atoms with van der Waals surface area (Å²) in [6, 6.07) is 10.1. The fraction of sp³-hybridized carbons (Fsp3) is 0.600. The Hall–Kier alpha value is -1.92. The SMILES string of the molecule is N[C@@H](CCc1ccccc1)CC(=O)N1CCC(CCCC(=O)NO)CC1. The van der Waals surface area contributed by atoms with Gasteiger partial charge in [0.25, 0.3) is 0 Å². The highest BCUT2D eigenvalue weighted by atomic mass is 16.5. The fourth-order valence-corrected chi connectivity index (χ4v) is 3.53. The molecule has 0 bridgehead atoms. The van der Waals surface area contributed by atoms with Gasteiger partial charge in [-0.05, 0) is 50.0 Å². The van der Waals surface area contributed by atoms with E-state index in [9.17, 15) is 9.59 Å². The lowest BCUT2D eigenvalue weighted by Crippen LogP contribution is -2.41. The fourth-order valence-electron chi connectivity index (χ4n) is 3.53. The first-order chi connectivity index (χ1) is 12.6. The Morgan fingerprint density at radius 1 is 1.23 bits per heavy atom. The van der Waals surface area contributed by atoms with Crippen LogP contribution < -0.4 is 11.2 Å². The maximum atomic E-state index is 12.4. The van der Waals surface area contributed by atoms with Gasteiger partial charge < -0.3 is 10.6 Å². The molecule has 4 N–H and O–H groups in total. The number of hydrogen-bond acceptors (Lipinski definition) is 4. The molecule has 26 heavy (non-hydrogen) atoms. The Kier molecular flexibility index (Phi) is 8.58. The van der Waals surface area contributed by atoms with Gasteiger partial charge >= 0.3 is 0 Å². The third-order valence-corrected chi connectivity index (χ3v) is 5.19. The molecule has 1 heterocycles. The molecule has 1 aromatic carbocycles. The molecule has 0 aromatic heterocycles. The topological polar surface area (TPSA) is 95.7 Å². The van der Waals surface area contributed by atoms with Crippen molar-refractivity contribution in [2.75, 3.05) is 13.1 Å². The minimum absolute atomic E-state index is 0.0996. The van der Waals surface area contributed by atoms with E-state index in [-0.39, 0.29) is 17.9 Å². The number of aryl methyl sites for hydroxylation is 1. The van der Waals surface area contributed by atoms with Crippen molar-refractivity contribution >= 4 is 11.8 Å². The number of benzene rings is 1. The van der Waals surface area contributed by atoms with Crippen LogP contribution in [0.3, 0.4) is 0 Å². The van der Waals surface area contributed by atoms with Crippen molar-refractivity contribution in [2.24, 2.45) is 11.7 Å². The molecule has 0 radical (unpaired) electrons. The number of rotatable bonds is 9. The van der Waals surface area contributed by atoms with Crippen molar-refractivity contribution in [1.82, 2.24) is 10.4 Å². The van der Waals surface area contributed by atoms with E-state index in [0.29, 0.717) is 18.8 Å². The molecule has 0 aliphatic carbocycles. The number of nitrogens with one attached hydrogen (secondary N) is 1. The van der Waals surface area contributed by atoms with Crippen LogP contribution in [0.1, 0.15) is 50.5 Å². The number of nitrogens with zero attached hydrogens (tertiary/aromatic N) is 1. The second-order valence-corrected chi connectivity index (χ2v) is 7.24. The van der Waals surface area contributed by atoms with Crippen LogP contribution in [0.5, 0.6) is 0 Å². The van der Waals surface area contributed by atoms with Crippen LogP contribution in [0.25, 0.3) is 0 Å². The van der Waals surface area contributed by atoms with E-state index in [4.69, 9.17) is 10.9 Å². The van der Waals surface area contributed by atoms with Gasteiger partial charge in [0.1, 0.15) is 0 Å². The summed E-state index contributed by atoms with van der Waals surface area (Å²) in [7, 11) is 0.